The number of nitrogens with one attached hydrogen (secondary N) is 1. The van der Waals surface area contributed by atoms with Crippen molar-refractivity contribution in [2.24, 2.45) is 0 Å². The molecule has 0 fully saturated rings. The Morgan fingerprint density at radius 1 is 1.33 bits per heavy atom. The molecule has 0 aliphatic rings. The van der Waals surface area contributed by atoms with Crippen molar-refractivity contribution in [3.8, 4) is 0 Å². The average molecular weight is 147 g/mol. The summed E-state index contributed by atoms with van der Waals surface area (Å²) < 4.78 is 24.2. The summed E-state index contributed by atoms with van der Waals surface area (Å²) in [5, 5.41) is 0. The van der Waals surface area contributed by atoms with Gasteiger partial charge in [-0.1, -0.05) is 12.2 Å². The van der Waals surface area contributed by atoms with Gasteiger partial charge in [0, 0.05) is 12.1 Å². The fraction of sp³-hybridized carbons (Fsp3) is 0. The molecule has 1 nitrogen and oxygen atoms in total. The van der Waals surface area contributed by atoms with E-state index in [1.54, 1.807) is 0 Å². The van der Waals surface area contributed by atoms with Gasteiger partial charge in [0.2, 0.25) is 0 Å². The predicted octanol–water partition coefficient (Wildman–Crippen LogP) is 2.02. The zero-order valence-corrected chi connectivity index (χ0v) is 5.14. The fourth-order valence-electron chi connectivity index (χ4n) is 0.478. The predicted molar refractivity (Wildman–Crippen MR) is 31.5 cm³/mol. The summed E-state index contributed by atoms with van der Waals surface area (Å²) in [5.41, 5.74) is 0. The summed E-state index contributed by atoms with van der Waals surface area (Å²) in [5.74, 6) is -1.41. The number of rotatable bonds is 0. The molecule has 0 amide bonds. The van der Waals surface area contributed by atoms with Crippen molar-refractivity contribution in [3.05, 3.63) is 28.5 Å². The number of aromatic nitrogens is 1. The van der Waals surface area contributed by atoms with Gasteiger partial charge in [0.1, 0.15) is 10.5 Å². The van der Waals surface area contributed by atoms with Gasteiger partial charge in [-0.15, -0.1) is 0 Å². The molecule has 0 atom stereocenters. The van der Waals surface area contributed by atoms with E-state index in [1.807, 2.05) is 0 Å². The molecule has 0 unspecified atom stereocenters. The lowest BCUT2D eigenvalue weighted by atomic mass is 10.5. The maximum Gasteiger partial charge on any atom is 0.195 e. The van der Waals surface area contributed by atoms with Crippen LogP contribution in [0, 0.1) is 16.4 Å². The Balaban J connectivity index is 3.33. The third-order valence-corrected chi connectivity index (χ3v) is 0.996. The molecule has 0 saturated heterocycles. The van der Waals surface area contributed by atoms with Gasteiger partial charge in [-0.25, -0.2) is 4.39 Å². The van der Waals surface area contributed by atoms with Crippen molar-refractivity contribution in [1.29, 1.82) is 0 Å². The molecule has 1 heterocycles. The van der Waals surface area contributed by atoms with Crippen molar-refractivity contribution in [2.45, 2.75) is 0 Å². The van der Waals surface area contributed by atoms with Gasteiger partial charge in [0.15, 0.2) is 5.95 Å². The van der Waals surface area contributed by atoms with Gasteiger partial charge in [-0.2, -0.15) is 4.39 Å². The minimum absolute atomic E-state index is 0.0625. The normalized spacial score (nSPS) is 9.56. The number of hydrogen-bond donors (Lipinski definition) is 1. The quantitative estimate of drug-likeness (QED) is 0.438. The van der Waals surface area contributed by atoms with E-state index in [-0.39, 0.29) is 4.64 Å². The molecule has 1 aromatic rings. The van der Waals surface area contributed by atoms with Gasteiger partial charge in [-0.05, 0) is 0 Å². The highest BCUT2D eigenvalue weighted by molar-refractivity contribution is 7.71. The highest BCUT2D eigenvalue weighted by Crippen LogP contribution is 1.98. The molecule has 0 bridgehead atoms. The molecule has 4 heteroatoms. The standard InChI is InChI=1S/C5H3F2NS/c6-3-1-4(7)8-5(9)2-3/h1-2H,(H,8,9). The Morgan fingerprint density at radius 3 is 2.44 bits per heavy atom. The number of halogens is 2. The molecular formula is C5H3F2NS. The minimum atomic E-state index is -0.750. The topological polar surface area (TPSA) is 15.8 Å². The molecular weight excluding hydrogens is 144 g/mol. The summed E-state index contributed by atoms with van der Waals surface area (Å²) in [4.78, 5) is 2.12. The van der Waals surface area contributed by atoms with Crippen molar-refractivity contribution in [3.63, 3.8) is 0 Å². The second-order valence-electron chi connectivity index (χ2n) is 1.51. The lowest BCUT2D eigenvalue weighted by molar-refractivity contribution is 0.550. The van der Waals surface area contributed by atoms with Crippen LogP contribution in [0.1, 0.15) is 0 Å². The van der Waals surface area contributed by atoms with Gasteiger partial charge in [0.25, 0.3) is 0 Å². The third kappa shape index (κ3) is 1.57. The molecule has 0 spiro atoms. The fourth-order valence-corrected chi connectivity index (χ4v) is 0.688. The largest absolute Gasteiger partial charge is 0.323 e. The van der Waals surface area contributed by atoms with Crippen LogP contribution in [0.3, 0.4) is 0 Å². The SMILES string of the molecule is Fc1cc(F)[nH]c(=S)c1. The van der Waals surface area contributed by atoms with Crippen LogP contribution in [0.15, 0.2) is 12.1 Å². The first-order valence-electron chi connectivity index (χ1n) is 2.24. The van der Waals surface area contributed by atoms with Crippen molar-refractivity contribution < 1.29 is 8.78 Å². The maximum atomic E-state index is 12.1. The molecule has 1 N–H and O–H groups in total. The third-order valence-electron chi connectivity index (χ3n) is 0.776. The van der Waals surface area contributed by atoms with Gasteiger partial charge < -0.3 is 4.98 Å². The smallest absolute Gasteiger partial charge is 0.195 e. The highest BCUT2D eigenvalue weighted by atomic mass is 32.1. The highest BCUT2D eigenvalue weighted by Gasteiger charge is 1.91. The van der Waals surface area contributed by atoms with E-state index in [1.165, 1.54) is 0 Å². The van der Waals surface area contributed by atoms with Crippen LogP contribution in [0.4, 0.5) is 8.78 Å². The molecule has 9 heavy (non-hydrogen) atoms. The van der Waals surface area contributed by atoms with Crippen molar-refractivity contribution >= 4 is 12.2 Å². The maximum absolute atomic E-state index is 12.1. The van der Waals surface area contributed by atoms with Crippen LogP contribution in [0.5, 0.6) is 0 Å². The first-order valence-corrected chi connectivity index (χ1v) is 2.65. The summed E-state index contributed by atoms with van der Waals surface area (Å²) in [7, 11) is 0. The summed E-state index contributed by atoms with van der Waals surface area (Å²) in [6.45, 7) is 0. The molecule has 1 rings (SSSR count). The zero-order chi connectivity index (χ0) is 6.85. The zero-order valence-electron chi connectivity index (χ0n) is 4.32. The van der Waals surface area contributed by atoms with E-state index < -0.39 is 11.8 Å². The van der Waals surface area contributed by atoms with Crippen LogP contribution >= 0.6 is 12.2 Å². The van der Waals surface area contributed by atoms with E-state index >= 15 is 0 Å². The summed E-state index contributed by atoms with van der Waals surface area (Å²) in [6.07, 6.45) is 0. The lowest BCUT2D eigenvalue weighted by Gasteiger charge is -1.87. The van der Waals surface area contributed by atoms with Gasteiger partial charge >= 0.3 is 0 Å². The minimum Gasteiger partial charge on any atom is -0.323 e. The van der Waals surface area contributed by atoms with Crippen LogP contribution in [-0.4, -0.2) is 4.98 Å². The molecule has 0 saturated carbocycles. The Morgan fingerprint density at radius 2 is 2.00 bits per heavy atom. The molecule has 0 aromatic carbocycles. The van der Waals surface area contributed by atoms with E-state index in [0.717, 1.165) is 12.1 Å². The second kappa shape index (κ2) is 2.23. The van der Waals surface area contributed by atoms with Crippen LogP contribution in [0.25, 0.3) is 0 Å². The number of hydrogen-bond acceptors (Lipinski definition) is 1. The van der Waals surface area contributed by atoms with Crippen molar-refractivity contribution in [2.75, 3.05) is 0 Å². The average Bonchev–Trinajstić information content (AvgIpc) is 1.59. The Bertz CT molecular complexity index is 245. The molecule has 48 valence electrons. The van der Waals surface area contributed by atoms with Crippen LogP contribution in [0.2, 0.25) is 0 Å². The number of aromatic amines is 1. The Hall–Kier alpha value is -0.770. The monoisotopic (exact) mass is 147 g/mol. The summed E-state index contributed by atoms with van der Waals surface area (Å²) >= 11 is 4.45. The van der Waals surface area contributed by atoms with Gasteiger partial charge in [-0.3, -0.25) is 0 Å². The second-order valence-corrected chi connectivity index (χ2v) is 1.95. The molecule has 0 aliphatic carbocycles. The van der Waals surface area contributed by atoms with Crippen LogP contribution < -0.4 is 0 Å². The van der Waals surface area contributed by atoms with E-state index in [9.17, 15) is 8.78 Å². The Kier molecular flexibility index (Phi) is 1.57. The number of H-pyrrole nitrogens is 1. The number of pyridine rings is 1. The van der Waals surface area contributed by atoms with E-state index in [2.05, 4.69) is 17.2 Å². The first-order chi connectivity index (χ1) is 4.18. The molecule has 0 aliphatic heterocycles. The van der Waals surface area contributed by atoms with E-state index in [4.69, 9.17) is 0 Å². The first kappa shape index (κ1) is 6.35. The summed E-state index contributed by atoms with van der Waals surface area (Å²) in [6, 6.07) is 1.77. The van der Waals surface area contributed by atoms with Crippen molar-refractivity contribution in [1.82, 2.24) is 4.98 Å². The van der Waals surface area contributed by atoms with E-state index in [0.29, 0.717) is 0 Å². The lowest BCUT2D eigenvalue weighted by Crippen LogP contribution is -1.83. The van der Waals surface area contributed by atoms with Crippen LogP contribution in [-0.2, 0) is 0 Å². The molecule has 0 radical (unpaired) electrons. The Labute approximate surface area is 55.3 Å². The molecule has 1 aromatic heterocycles. The van der Waals surface area contributed by atoms with Gasteiger partial charge in [0.05, 0.1) is 0 Å².